The normalized spacial score (nSPS) is 16.6. The largest absolute Gasteiger partial charge is 0.463 e. The van der Waals surface area contributed by atoms with Crippen LogP contribution in [-0.4, -0.2) is 39.5 Å². The van der Waals surface area contributed by atoms with Gasteiger partial charge in [0.25, 0.3) is 0 Å². The summed E-state index contributed by atoms with van der Waals surface area (Å²) in [5.41, 5.74) is 1.14. The van der Waals surface area contributed by atoms with E-state index in [2.05, 4.69) is 41.8 Å². The van der Waals surface area contributed by atoms with Crippen molar-refractivity contribution in [2.75, 3.05) is 19.7 Å². The topological polar surface area (TPSA) is 51.1 Å². The van der Waals surface area contributed by atoms with Crippen molar-refractivity contribution in [2.45, 2.75) is 19.4 Å². The monoisotopic (exact) mass is 362 g/mol. The van der Waals surface area contributed by atoms with Crippen LogP contribution >= 0.6 is 15.9 Å². The number of nitrogens with zero attached hydrogens (tertiary/aromatic N) is 4. The van der Waals surface area contributed by atoms with Gasteiger partial charge >= 0.3 is 6.01 Å². The molecule has 2 aromatic heterocycles. The number of rotatable bonds is 5. The van der Waals surface area contributed by atoms with E-state index in [4.69, 9.17) is 4.74 Å². The second kappa shape index (κ2) is 7.65. The van der Waals surface area contributed by atoms with Crippen LogP contribution in [0.1, 0.15) is 18.5 Å². The molecule has 22 heavy (non-hydrogen) atoms. The Kier molecular flexibility index (Phi) is 5.34. The average Bonchev–Trinajstić information content (AvgIpc) is 2.57. The summed E-state index contributed by atoms with van der Waals surface area (Å²) in [6.45, 7) is 3.81. The number of likely N-dealkylation sites (tertiary alicyclic amines) is 1. The fourth-order valence-electron chi connectivity index (χ4n) is 2.60. The third-order valence-corrected chi connectivity index (χ3v) is 4.27. The number of aromatic nitrogens is 3. The molecule has 0 unspecified atom stereocenters. The molecule has 1 fully saturated rings. The van der Waals surface area contributed by atoms with Crippen LogP contribution < -0.4 is 4.74 Å². The molecule has 0 bridgehead atoms. The van der Waals surface area contributed by atoms with Gasteiger partial charge in [-0.2, -0.15) is 0 Å². The Morgan fingerprint density at radius 3 is 2.59 bits per heavy atom. The minimum absolute atomic E-state index is 0.458. The lowest BCUT2D eigenvalue weighted by atomic mass is 9.98. The first-order valence-electron chi connectivity index (χ1n) is 7.52. The van der Waals surface area contributed by atoms with Crippen LogP contribution in [0.2, 0.25) is 0 Å². The molecule has 1 aliphatic rings. The molecular formula is C16H19BrN4O. The van der Waals surface area contributed by atoms with Gasteiger partial charge in [-0.3, -0.25) is 9.88 Å². The van der Waals surface area contributed by atoms with Gasteiger partial charge in [0, 0.05) is 25.1 Å². The molecule has 0 aromatic carbocycles. The maximum absolute atomic E-state index is 5.68. The summed E-state index contributed by atoms with van der Waals surface area (Å²) >= 11 is 3.32. The minimum Gasteiger partial charge on any atom is -0.463 e. The number of ether oxygens (including phenoxy) is 1. The lowest BCUT2D eigenvalue weighted by molar-refractivity contribution is 0.131. The maximum Gasteiger partial charge on any atom is 0.316 e. The van der Waals surface area contributed by atoms with E-state index in [9.17, 15) is 0 Å². The fraction of sp³-hybridized carbons (Fsp3) is 0.438. The third-order valence-electron chi connectivity index (χ3n) is 3.86. The van der Waals surface area contributed by atoms with Crippen LogP contribution in [0.4, 0.5) is 0 Å². The van der Waals surface area contributed by atoms with Crippen molar-refractivity contribution in [1.29, 1.82) is 0 Å². The van der Waals surface area contributed by atoms with Crippen molar-refractivity contribution < 1.29 is 4.74 Å². The molecule has 1 saturated heterocycles. The molecule has 3 rings (SSSR count). The SMILES string of the molecule is Brc1cnc(OCC2CCN(Cc3ccccn3)CC2)nc1. The van der Waals surface area contributed by atoms with Crippen LogP contribution in [0.15, 0.2) is 41.3 Å². The van der Waals surface area contributed by atoms with E-state index in [1.807, 2.05) is 18.3 Å². The molecule has 6 heteroatoms. The molecule has 0 atom stereocenters. The van der Waals surface area contributed by atoms with Crippen LogP contribution in [-0.2, 0) is 6.54 Å². The molecule has 0 saturated carbocycles. The van der Waals surface area contributed by atoms with Crippen molar-refractivity contribution in [1.82, 2.24) is 19.9 Å². The van der Waals surface area contributed by atoms with Crippen molar-refractivity contribution >= 4 is 15.9 Å². The molecule has 0 amide bonds. The van der Waals surface area contributed by atoms with Crippen LogP contribution in [0.25, 0.3) is 0 Å². The van der Waals surface area contributed by atoms with Gasteiger partial charge in [-0.1, -0.05) is 6.07 Å². The second-order valence-corrected chi connectivity index (χ2v) is 6.45. The first-order chi connectivity index (χ1) is 10.8. The Morgan fingerprint density at radius 1 is 1.14 bits per heavy atom. The summed E-state index contributed by atoms with van der Waals surface area (Å²) in [5, 5.41) is 0. The number of pyridine rings is 1. The smallest absolute Gasteiger partial charge is 0.316 e. The Morgan fingerprint density at radius 2 is 1.91 bits per heavy atom. The molecule has 0 aliphatic carbocycles. The Bertz CT molecular complexity index is 570. The summed E-state index contributed by atoms with van der Waals surface area (Å²) < 4.78 is 6.54. The van der Waals surface area contributed by atoms with Crippen molar-refractivity contribution in [3.8, 4) is 6.01 Å². The van der Waals surface area contributed by atoms with Crippen molar-refractivity contribution in [2.24, 2.45) is 5.92 Å². The van der Waals surface area contributed by atoms with Gasteiger partial charge < -0.3 is 4.74 Å². The molecule has 5 nitrogen and oxygen atoms in total. The van der Waals surface area contributed by atoms with Crippen LogP contribution in [0, 0.1) is 5.92 Å². The molecule has 0 N–H and O–H groups in total. The molecule has 2 aromatic rings. The summed E-state index contributed by atoms with van der Waals surface area (Å²) in [5.74, 6) is 0.576. The summed E-state index contributed by atoms with van der Waals surface area (Å²) in [7, 11) is 0. The number of halogens is 1. The Balaban J connectivity index is 1.41. The number of hydrogen-bond donors (Lipinski definition) is 0. The van der Waals surface area contributed by atoms with E-state index in [0.717, 1.165) is 42.6 Å². The predicted molar refractivity (Wildman–Crippen MR) is 87.5 cm³/mol. The molecular weight excluding hydrogens is 344 g/mol. The third kappa shape index (κ3) is 4.48. The summed E-state index contributed by atoms with van der Waals surface area (Å²) in [6, 6.07) is 6.54. The number of piperidine rings is 1. The van der Waals surface area contributed by atoms with E-state index < -0.39 is 0 Å². The van der Waals surface area contributed by atoms with Crippen molar-refractivity contribution in [3.05, 3.63) is 47.0 Å². The minimum atomic E-state index is 0.458. The first kappa shape index (κ1) is 15.4. The van der Waals surface area contributed by atoms with E-state index in [1.165, 1.54) is 0 Å². The zero-order valence-corrected chi connectivity index (χ0v) is 13.9. The maximum atomic E-state index is 5.68. The van der Waals surface area contributed by atoms with Gasteiger partial charge in [-0.25, -0.2) is 9.97 Å². The highest BCUT2D eigenvalue weighted by Crippen LogP contribution is 2.19. The van der Waals surface area contributed by atoms with Gasteiger partial charge in [0.2, 0.25) is 0 Å². The Hall–Kier alpha value is -1.53. The molecule has 0 spiro atoms. The van der Waals surface area contributed by atoms with Gasteiger partial charge in [0.05, 0.1) is 16.8 Å². The van der Waals surface area contributed by atoms with Crippen LogP contribution in [0.5, 0.6) is 6.01 Å². The fourth-order valence-corrected chi connectivity index (χ4v) is 2.80. The zero-order chi connectivity index (χ0) is 15.2. The zero-order valence-electron chi connectivity index (χ0n) is 12.4. The van der Waals surface area contributed by atoms with E-state index in [1.54, 1.807) is 12.4 Å². The molecule has 1 aliphatic heterocycles. The van der Waals surface area contributed by atoms with Gasteiger partial charge in [-0.15, -0.1) is 0 Å². The summed E-state index contributed by atoms with van der Waals surface area (Å²) in [4.78, 5) is 15.1. The average molecular weight is 363 g/mol. The highest BCUT2D eigenvalue weighted by atomic mass is 79.9. The predicted octanol–water partition coefficient (Wildman–Crippen LogP) is 2.93. The quantitative estimate of drug-likeness (QED) is 0.818. The van der Waals surface area contributed by atoms with Crippen LogP contribution in [0.3, 0.4) is 0 Å². The van der Waals surface area contributed by atoms with E-state index >= 15 is 0 Å². The molecule has 0 radical (unpaired) electrons. The lowest BCUT2D eigenvalue weighted by Crippen LogP contribution is -2.35. The van der Waals surface area contributed by atoms with E-state index in [-0.39, 0.29) is 0 Å². The summed E-state index contributed by atoms with van der Waals surface area (Å²) in [6.07, 6.45) is 7.55. The number of hydrogen-bond acceptors (Lipinski definition) is 5. The molecule has 3 heterocycles. The molecule has 116 valence electrons. The van der Waals surface area contributed by atoms with Gasteiger partial charge in [0.15, 0.2) is 0 Å². The first-order valence-corrected chi connectivity index (χ1v) is 8.31. The van der Waals surface area contributed by atoms with Gasteiger partial charge in [0.1, 0.15) is 0 Å². The van der Waals surface area contributed by atoms with E-state index in [0.29, 0.717) is 18.5 Å². The van der Waals surface area contributed by atoms with Gasteiger partial charge in [-0.05, 0) is 59.9 Å². The standard InChI is InChI=1S/C16H19BrN4O/c17-14-9-19-16(20-10-14)22-12-13-4-7-21(8-5-13)11-15-3-1-2-6-18-15/h1-3,6,9-10,13H,4-5,7-8,11-12H2. The highest BCUT2D eigenvalue weighted by molar-refractivity contribution is 9.10. The van der Waals surface area contributed by atoms with Crippen molar-refractivity contribution in [3.63, 3.8) is 0 Å². The highest BCUT2D eigenvalue weighted by Gasteiger charge is 2.20. The lowest BCUT2D eigenvalue weighted by Gasteiger charge is -2.31. The Labute approximate surface area is 138 Å². The second-order valence-electron chi connectivity index (χ2n) is 5.54.